The van der Waals surface area contributed by atoms with Crippen molar-refractivity contribution in [1.29, 1.82) is 0 Å². The average Bonchev–Trinajstić information content (AvgIpc) is 2.53. The molecule has 5 heteroatoms. The molecule has 0 saturated heterocycles. The van der Waals surface area contributed by atoms with Gasteiger partial charge in [-0.05, 0) is 58.7 Å². The molecule has 0 bridgehead atoms. The summed E-state index contributed by atoms with van der Waals surface area (Å²) >= 11 is 0. The first-order chi connectivity index (χ1) is 10.6. The van der Waals surface area contributed by atoms with Crippen LogP contribution in [0.1, 0.15) is 11.1 Å². The fraction of sp³-hybridized carbons (Fsp3) is 0. The molecule has 0 aliphatic heterocycles. The van der Waals surface area contributed by atoms with E-state index in [1.54, 1.807) is 36.4 Å². The van der Waals surface area contributed by atoms with Crippen LogP contribution in [0.15, 0.2) is 78.4 Å². The number of hydrogen-bond acceptors (Lipinski definition) is 3. The van der Waals surface area contributed by atoms with Crippen LogP contribution in [0, 0.1) is 0 Å². The van der Waals surface area contributed by atoms with Gasteiger partial charge < -0.3 is 10.2 Å². The molecule has 3 nitrogen and oxygen atoms in total. The Hall–Kier alpha value is -1.07. The van der Waals surface area contributed by atoms with Crippen LogP contribution < -0.4 is 59.1 Å². The Balaban J connectivity index is 0.00000144. The van der Waals surface area contributed by atoms with E-state index < -0.39 is 0 Å². The second-order valence-corrected chi connectivity index (χ2v) is 4.99. The SMILES string of the molecule is O=C1C=CC(=C(c2ccc(O)cc2)c2ccc(O)cc2)C=C1.[Na+].[Na+]. The minimum atomic E-state index is -0.0421. The zero-order valence-corrected chi connectivity index (χ0v) is 17.7. The summed E-state index contributed by atoms with van der Waals surface area (Å²) in [5, 5.41) is 18.9. The number of rotatable bonds is 2. The molecule has 0 radical (unpaired) electrons. The van der Waals surface area contributed by atoms with Gasteiger partial charge in [0, 0.05) is 0 Å². The van der Waals surface area contributed by atoms with Gasteiger partial charge in [-0.15, -0.1) is 0 Å². The van der Waals surface area contributed by atoms with Crippen molar-refractivity contribution < 1.29 is 74.1 Å². The van der Waals surface area contributed by atoms with Crippen molar-refractivity contribution in [2.45, 2.75) is 0 Å². The average molecular weight is 336 g/mol. The number of benzene rings is 2. The van der Waals surface area contributed by atoms with Crippen molar-refractivity contribution >= 4 is 11.4 Å². The van der Waals surface area contributed by atoms with Crippen molar-refractivity contribution in [2.75, 3.05) is 0 Å². The number of carbonyl (C=O) groups is 1. The zero-order chi connectivity index (χ0) is 15.5. The largest absolute Gasteiger partial charge is 1.00 e. The summed E-state index contributed by atoms with van der Waals surface area (Å²) in [6, 6.07) is 13.8. The summed E-state index contributed by atoms with van der Waals surface area (Å²) in [5.74, 6) is 0.354. The summed E-state index contributed by atoms with van der Waals surface area (Å²) in [7, 11) is 0. The molecule has 0 atom stereocenters. The van der Waals surface area contributed by atoms with E-state index >= 15 is 0 Å². The summed E-state index contributed by atoms with van der Waals surface area (Å²) in [5.41, 5.74) is 3.67. The number of phenols is 2. The Labute approximate surface area is 185 Å². The first-order valence-electron chi connectivity index (χ1n) is 6.87. The molecule has 1 aliphatic rings. The van der Waals surface area contributed by atoms with Gasteiger partial charge in [0.15, 0.2) is 5.78 Å². The minimum absolute atomic E-state index is 0. The Morgan fingerprint density at radius 3 is 1.38 bits per heavy atom. The van der Waals surface area contributed by atoms with Gasteiger partial charge in [-0.2, -0.15) is 0 Å². The number of aromatic hydroxyl groups is 2. The van der Waals surface area contributed by atoms with Gasteiger partial charge >= 0.3 is 59.1 Å². The third kappa shape index (κ3) is 4.96. The van der Waals surface area contributed by atoms with Crippen LogP contribution in [0.3, 0.4) is 0 Å². The van der Waals surface area contributed by atoms with E-state index in [1.807, 2.05) is 24.3 Å². The first kappa shape index (κ1) is 21.0. The molecule has 0 aromatic heterocycles. The second kappa shape index (κ2) is 9.42. The fourth-order valence-corrected chi connectivity index (χ4v) is 2.38. The number of hydrogen-bond donors (Lipinski definition) is 2. The standard InChI is InChI=1S/C19H14O3.2Na/c20-16-7-1-13(2-8-16)19(14-3-9-17(21)10-4-14)15-5-11-18(22)12-6-15;;/h1-12,20-21H;;/q;2*+1. The maximum absolute atomic E-state index is 11.3. The molecule has 0 spiro atoms. The molecule has 0 fully saturated rings. The van der Waals surface area contributed by atoms with E-state index in [2.05, 4.69) is 0 Å². The molecule has 0 unspecified atom stereocenters. The molecule has 3 rings (SSSR count). The Morgan fingerprint density at radius 2 is 1.00 bits per heavy atom. The van der Waals surface area contributed by atoms with Gasteiger partial charge in [-0.3, -0.25) is 4.79 Å². The van der Waals surface area contributed by atoms with Crippen molar-refractivity contribution in [1.82, 2.24) is 0 Å². The quantitative estimate of drug-likeness (QED) is 0.602. The minimum Gasteiger partial charge on any atom is -0.508 e. The monoisotopic (exact) mass is 336 g/mol. The van der Waals surface area contributed by atoms with Gasteiger partial charge in [-0.25, -0.2) is 0 Å². The van der Waals surface area contributed by atoms with Crippen LogP contribution in [0.25, 0.3) is 5.57 Å². The molecule has 0 amide bonds. The van der Waals surface area contributed by atoms with Crippen molar-refractivity contribution in [3.05, 3.63) is 89.5 Å². The van der Waals surface area contributed by atoms with Crippen LogP contribution in [0.4, 0.5) is 0 Å². The van der Waals surface area contributed by atoms with E-state index in [9.17, 15) is 15.0 Å². The zero-order valence-electron chi connectivity index (χ0n) is 13.7. The molecule has 0 saturated carbocycles. The Kier molecular flexibility index (Phi) is 8.23. The molecular weight excluding hydrogens is 322 g/mol. The van der Waals surface area contributed by atoms with Gasteiger partial charge in [0.2, 0.25) is 0 Å². The first-order valence-corrected chi connectivity index (χ1v) is 6.87. The van der Waals surface area contributed by atoms with E-state index in [-0.39, 0.29) is 76.4 Å². The fourth-order valence-electron chi connectivity index (χ4n) is 2.38. The molecular formula is C19H14Na2O3+2. The maximum atomic E-state index is 11.3. The number of ketones is 1. The molecule has 24 heavy (non-hydrogen) atoms. The second-order valence-electron chi connectivity index (χ2n) is 4.99. The third-order valence-corrected chi connectivity index (χ3v) is 3.45. The molecule has 2 aromatic rings. The smallest absolute Gasteiger partial charge is 0.508 e. The van der Waals surface area contributed by atoms with Crippen molar-refractivity contribution in [3.8, 4) is 11.5 Å². The number of allylic oxidation sites excluding steroid dienone is 5. The van der Waals surface area contributed by atoms with E-state index in [1.165, 1.54) is 12.2 Å². The van der Waals surface area contributed by atoms with Crippen LogP contribution >= 0.6 is 0 Å². The van der Waals surface area contributed by atoms with Crippen LogP contribution in [-0.4, -0.2) is 16.0 Å². The number of carbonyl (C=O) groups excluding carboxylic acids is 1. The summed E-state index contributed by atoms with van der Waals surface area (Å²) in [6.45, 7) is 0. The molecule has 2 aromatic carbocycles. The van der Waals surface area contributed by atoms with Crippen LogP contribution in [-0.2, 0) is 4.79 Å². The molecule has 2 N–H and O–H groups in total. The number of phenolic OH excluding ortho intramolecular Hbond substituents is 2. The summed E-state index contributed by atoms with van der Waals surface area (Å²) in [6.07, 6.45) is 6.60. The van der Waals surface area contributed by atoms with Crippen LogP contribution in [0.2, 0.25) is 0 Å². The predicted molar refractivity (Wildman–Crippen MR) is 85.5 cm³/mol. The summed E-state index contributed by atoms with van der Waals surface area (Å²) < 4.78 is 0. The van der Waals surface area contributed by atoms with E-state index in [0.29, 0.717) is 0 Å². The van der Waals surface area contributed by atoms with Gasteiger partial charge in [-0.1, -0.05) is 36.4 Å². The normalized spacial score (nSPS) is 12.3. The Bertz CT molecular complexity index is 736. The molecule has 108 valence electrons. The van der Waals surface area contributed by atoms with Crippen molar-refractivity contribution in [2.24, 2.45) is 0 Å². The Morgan fingerprint density at radius 1 is 0.625 bits per heavy atom. The molecule has 1 aliphatic carbocycles. The molecule has 0 heterocycles. The topological polar surface area (TPSA) is 57.5 Å². The predicted octanol–water partition coefficient (Wildman–Crippen LogP) is -2.40. The van der Waals surface area contributed by atoms with Gasteiger partial charge in [0.05, 0.1) is 0 Å². The maximum Gasteiger partial charge on any atom is 1.00 e. The summed E-state index contributed by atoms with van der Waals surface area (Å²) in [4.78, 5) is 11.3. The van der Waals surface area contributed by atoms with Crippen LogP contribution in [0.5, 0.6) is 11.5 Å². The van der Waals surface area contributed by atoms with Gasteiger partial charge in [0.1, 0.15) is 11.5 Å². The third-order valence-electron chi connectivity index (χ3n) is 3.45. The van der Waals surface area contributed by atoms with E-state index in [0.717, 1.165) is 22.3 Å². The van der Waals surface area contributed by atoms with Crippen molar-refractivity contribution in [3.63, 3.8) is 0 Å². The van der Waals surface area contributed by atoms with Gasteiger partial charge in [0.25, 0.3) is 0 Å². The van der Waals surface area contributed by atoms with E-state index in [4.69, 9.17) is 0 Å².